The zero-order valence-electron chi connectivity index (χ0n) is 12.1. The Morgan fingerprint density at radius 2 is 2.14 bits per heavy atom. The fraction of sp³-hybridized carbons (Fsp3) is 0.312. The van der Waals surface area contributed by atoms with Gasteiger partial charge < -0.3 is 14.4 Å². The summed E-state index contributed by atoms with van der Waals surface area (Å²) < 4.78 is 10.8. The van der Waals surface area contributed by atoms with Gasteiger partial charge in [-0.25, -0.2) is 0 Å². The van der Waals surface area contributed by atoms with E-state index in [1.807, 2.05) is 34.5 Å². The fourth-order valence-corrected chi connectivity index (χ4v) is 3.35. The Labute approximate surface area is 127 Å². The number of hydrogen-bond acceptors (Lipinski definition) is 4. The molecule has 5 heteroatoms. The molecule has 0 spiro atoms. The summed E-state index contributed by atoms with van der Waals surface area (Å²) in [6.07, 6.45) is 1.85. The maximum Gasteiger partial charge on any atom is 0.268 e. The van der Waals surface area contributed by atoms with E-state index in [4.69, 9.17) is 9.47 Å². The largest absolute Gasteiger partial charge is 0.497 e. The predicted octanol–water partition coefficient (Wildman–Crippen LogP) is 3.36. The van der Waals surface area contributed by atoms with Crippen molar-refractivity contribution in [3.05, 3.63) is 40.1 Å². The smallest absolute Gasteiger partial charge is 0.268 e. The van der Waals surface area contributed by atoms with Crippen LogP contribution in [0, 0.1) is 0 Å². The number of thiophene rings is 1. The lowest BCUT2D eigenvalue weighted by atomic mass is 10.00. The van der Waals surface area contributed by atoms with E-state index >= 15 is 0 Å². The summed E-state index contributed by atoms with van der Waals surface area (Å²) in [5.74, 6) is 1.53. The van der Waals surface area contributed by atoms with Crippen molar-refractivity contribution in [1.29, 1.82) is 0 Å². The maximum atomic E-state index is 12.7. The van der Waals surface area contributed by atoms with Crippen LogP contribution in [-0.2, 0) is 6.42 Å². The lowest BCUT2D eigenvalue weighted by molar-refractivity contribution is 0.0989. The molecule has 0 bridgehead atoms. The lowest BCUT2D eigenvalue weighted by Crippen LogP contribution is -2.35. The third-order valence-electron chi connectivity index (χ3n) is 3.69. The monoisotopic (exact) mass is 303 g/mol. The van der Waals surface area contributed by atoms with Gasteiger partial charge in [-0.05, 0) is 24.3 Å². The molecule has 0 unspecified atom stereocenters. The van der Waals surface area contributed by atoms with Crippen molar-refractivity contribution in [2.45, 2.75) is 12.8 Å². The molecule has 110 valence electrons. The predicted molar refractivity (Wildman–Crippen MR) is 83.9 cm³/mol. The normalized spacial score (nSPS) is 13.7. The minimum atomic E-state index is 0.0428. The summed E-state index contributed by atoms with van der Waals surface area (Å²) in [6, 6.07) is 7.55. The van der Waals surface area contributed by atoms with Gasteiger partial charge in [0.2, 0.25) is 0 Å². The number of methoxy groups -OCH3 is 2. The molecule has 1 aliphatic heterocycles. The van der Waals surface area contributed by atoms with Gasteiger partial charge in [0.25, 0.3) is 5.91 Å². The standard InChI is InChI=1S/C16H17NO3S/c1-19-11-9-13-12(14(10-11)20-2)5-3-7-17(13)16(18)15-6-4-8-21-15/h4,6,8-10H,3,5,7H2,1-2H3. The van der Waals surface area contributed by atoms with E-state index in [1.165, 1.54) is 11.3 Å². The van der Waals surface area contributed by atoms with Crippen LogP contribution in [0.25, 0.3) is 0 Å². The molecule has 0 N–H and O–H groups in total. The molecular formula is C16H17NO3S. The van der Waals surface area contributed by atoms with Crippen LogP contribution in [0.2, 0.25) is 0 Å². The molecule has 0 fully saturated rings. The van der Waals surface area contributed by atoms with Crippen LogP contribution in [0.1, 0.15) is 21.7 Å². The summed E-state index contributed by atoms with van der Waals surface area (Å²) in [5.41, 5.74) is 1.98. The lowest BCUT2D eigenvalue weighted by Gasteiger charge is -2.30. The van der Waals surface area contributed by atoms with Crippen molar-refractivity contribution in [3.63, 3.8) is 0 Å². The first-order valence-electron chi connectivity index (χ1n) is 6.85. The van der Waals surface area contributed by atoms with Gasteiger partial charge in [-0.3, -0.25) is 4.79 Å². The quantitative estimate of drug-likeness (QED) is 0.873. The van der Waals surface area contributed by atoms with Gasteiger partial charge in [0.1, 0.15) is 11.5 Å². The van der Waals surface area contributed by atoms with Crippen LogP contribution in [0.15, 0.2) is 29.6 Å². The van der Waals surface area contributed by atoms with E-state index < -0.39 is 0 Å². The number of anilines is 1. The first kappa shape index (κ1) is 13.9. The van der Waals surface area contributed by atoms with Crippen molar-refractivity contribution < 1.29 is 14.3 Å². The minimum absolute atomic E-state index is 0.0428. The Balaban J connectivity index is 2.06. The number of carbonyl (C=O) groups is 1. The topological polar surface area (TPSA) is 38.8 Å². The third kappa shape index (κ3) is 2.49. The van der Waals surface area contributed by atoms with Crippen molar-refractivity contribution in [1.82, 2.24) is 0 Å². The molecule has 1 aromatic carbocycles. The Kier molecular flexibility index (Phi) is 3.84. The summed E-state index contributed by atoms with van der Waals surface area (Å²) in [6.45, 7) is 0.722. The number of benzene rings is 1. The number of rotatable bonds is 3. The van der Waals surface area contributed by atoms with Crippen LogP contribution in [0.3, 0.4) is 0 Å². The second-order valence-corrected chi connectivity index (χ2v) is 5.81. The van der Waals surface area contributed by atoms with E-state index in [2.05, 4.69) is 0 Å². The molecule has 1 aromatic heterocycles. The van der Waals surface area contributed by atoms with Crippen LogP contribution in [-0.4, -0.2) is 26.7 Å². The van der Waals surface area contributed by atoms with E-state index in [-0.39, 0.29) is 5.91 Å². The molecule has 0 radical (unpaired) electrons. The average Bonchev–Trinajstić information content (AvgIpc) is 3.06. The molecular weight excluding hydrogens is 286 g/mol. The van der Waals surface area contributed by atoms with Crippen LogP contribution < -0.4 is 14.4 Å². The van der Waals surface area contributed by atoms with E-state index in [0.717, 1.165) is 41.3 Å². The number of amides is 1. The van der Waals surface area contributed by atoms with Crippen molar-refractivity contribution in [3.8, 4) is 11.5 Å². The first-order valence-corrected chi connectivity index (χ1v) is 7.73. The van der Waals surface area contributed by atoms with Gasteiger partial charge >= 0.3 is 0 Å². The number of fused-ring (bicyclic) bond motifs is 1. The Morgan fingerprint density at radius 1 is 1.29 bits per heavy atom. The Bertz CT molecular complexity index is 652. The highest BCUT2D eigenvalue weighted by Crippen LogP contribution is 2.39. The molecule has 0 saturated heterocycles. The van der Waals surface area contributed by atoms with Crippen molar-refractivity contribution in [2.24, 2.45) is 0 Å². The highest BCUT2D eigenvalue weighted by molar-refractivity contribution is 7.12. The SMILES string of the molecule is COc1cc(OC)c2c(c1)N(C(=O)c1cccs1)CCC2. The highest BCUT2D eigenvalue weighted by atomic mass is 32.1. The van der Waals surface area contributed by atoms with Gasteiger partial charge in [0, 0.05) is 24.2 Å². The van der Waals surface area contributed by atoms with Crippen LogP contribution >= 0.6 is 11.3 Å². The average molecular weight is 303 g/mol. The van der Waals surface area contributed by atoms with E-state index in [9.17, 15) is 4.79 Å². The number of hydrogen-bond donors (Lipinski definition) is 0. The summed E-state index contributed by atoms with van der Waals surface area (Å²) in [4.78, 5) is 15.3. The van der Waals surface area contributed by atoms with Gasteiger partial charge in [-0.1, -0.05) is 6.07 Å². The summed E-state index contributed by atoms with van der Waals surface area (Å²) in [5, 5.41) is 1.92. The van der Waals surface area contributed by atoms with E-state index in [1.54, 1.807) is 14.2 Å². The molecule has 3 rings (SSSR count). The molecule has 21 heavy (non-hydrogen) atoms. The maximum absolute atomic E-state index is 12.7. The highest BCUT2D eigenvalue weighted by Gasteiger charge is 2.27. The Hall–Kier alpha value is -2.01. The minimum Gasteiger partial charge on any atom is -0.497 e. The number of nitrogens with zero attached hydrogens (tertiary/aromatic N) is 1. The molecule has 0 saturated carbocycles. The molecule has 2 heterocycles. The zero-order chi connectivity index (χ0) is 14.8. The second-order valence-electron chi connectivity index (χ2n) is 4.86. The fourth-order valence-electron chi connectivity index (χ4n) is 2.68. The van der Waals surface area contributed by atoms with Gasteiger partial charge in [-0.2, -0.15) is 0 Å². The summed E-state index contributed by atoms with van der Waals surface area (Å²) >= 11 is 1.47. The Morgan fingerprint density at radius 3 is 2.81 bits per heavy atom. The van der Waals surface area contributed by atoms with Crippen LogP contribution in [0.5, 0.6) is 11.5 Å². The number of carbonyl (C=O) groups excluding carboxylic acids is 1. The molecule has 0 aliphatic carbocycles. The van der Waals surface area contributed by atoms with Crippen LogP contribution in [0.4, 0.5) is 5.69 Å². The molecule has 1 aliphatic rings. The molecule has 4 nitrogen and oxygen atoms in total. The van der Waals surface area contributed by atoms with Gasteiger partial charge in [-0.15, -0.1) is 11.3 Å². The van der Waals surface area contributed by atoms with Crippen molar-refractivity contribution >= 4 is 22.9 Å². The number of ether oxygens (including phenoxy) is 2. The van der Waals surface area contributed by atoms with Gasteiger partial charge in [0.05, 0.1) is 24.8 Å². The molecule has 2 aromatic rings. The zero-order valence-corrected chi connectivity index (χ0v) is 12.9. The molecule has 1 amide bonds. The first-order chi connectivity index (χ1) is 10.2. The summed E-state index contributed by atoms with van der Waals surface area (Å²) in [7, 11) is 3.27. The second kappa shape index (κ2) is 5.77. The molecule has 0 atom stereocenters. The van der Waals surface area contributed by atoms with E-state index in [0.29, 0.717) is 5.75 Å². The third-order valence-corrected chi connectivity index (χ3v) is 4.55. The van der Waals surface area contributed by atoms with Gasteiger partial charge in [0.15, 0.2) is 0 Å². The van der Waals surface area contributed by atoms with Crippen molar-refractivity contribution in [2.75, 3.05) is 25.7 Å².